The van der Waals surface area contributed by atoms with E-state index < -0.39 is 0 Å². The molecule has 0 aromatic carbocycles. The quantitative estimate of drug-likeness (QED) is 0.692. The minimum Gasteiger partial charge on any atom is -0.461 e. The normalized spacial score (nSPS) is 13.3. The fraction of sp³-hybridized carbons (Fsp3) is 0.333. The van der Waals surface area contributed by atoms with Gasteiger partial charge >= 0.3 is 5.97 Å². The van der Waals surface area contributed by atoms with Crippen molar-refractivity contribution < 1.29 is 9.53 Å². The summed E-state index contributed by atoms with van der Waals surface area (Å²) in [5, 5.41) is 0. The fourth-order valence-corrected chi connectivity index (χ4v) is 1.68. The number of allylic oxidation sites excluding steroid dienone is 1. The molecule has 0 saturated heterocycles. The van der Waals surface area contributed by atoms with E-state index in [0.717, 1.165) is 12.1 Å². The van der Waals surface area contributed by atoms with Crippen molar-refractivity contribution in [3.8, 4) is 0 Å². The molecule has 1 aliphatic carbocycles. The predicted octanol–water partition coefficient (Wildman–Crippen LogP) is 2.22. The summed E-state index contributed by atoms with van der Waals surface area (Å²) in [7, 11) is 0. The molecule has 0 spiro atoms. The minimum absolute atomic E-state index is 0.349. The Hall–Kier alpha value is -1.64. The molecule has 0 fully saturated rings. The second-order valence-electron chi connectivity index (χ2n) is 3.63. The van der Waals surface area contributed by atoms with Crippen LogP contribution >= 0.6 is 0 Å². The van der Waals surface area contributed by atoms with E-state index in [4.69, 9.17) is 4.74 Å². The maximum absolute atomic E-state index is 11.4. The first-order valence-electron chi connectivity index (χ1n) is 5.05. The van der Waals surface area contributed by atoms with Gasteiger partial charge in [-0.1, -0.05) is 11.6 Å². The van der Waals surface area contributed by atoms with Gasteiger partial charge in [-0.25, -0.2) is 9.78 Å². The number of ether oxygens (including phenoxy) is 1. The van der Waals surface area contributed by atoms with E-state index in [2.05, 4.69) is 11.9 Å². The molecule has 3 heteroatoms. The molecule has 78 valence electrons. The van der Waals surface area contributed by atoms with E-state index in [-0.39, 0.29) is 5.97 Å². The van der Waals surface area contributed by atoms with E-state index in [1.165, 1.54) is 11.1 Å². The van der Waals surface area contributed by atoms with Crippen LogP contribution in [0.1, 0.15) is 35.6 Å². The van der Waals surface area contributed by atoms with E-state index >= 15 is 0 Å². The van der Waals surface area contributed by atoms with Crippen LogP contribution < -0.4 is 0 Å². The van der Waals surface area contributed by atoms with Gasteiger partial charge in [0.2, 0.25) is 0 Å². The average molecular weight is 203 g/mol. The lowest BCUT2D eigenvalue weighted by Crippen LogP contribution is -2.07. The molecule has 0 aliphatic heterocycles. The zero-order chi connectivity index (χ0) is 10.8. The van der Waals surface area contributed by atoms with Gasteiger partial charge in [-0.05, 0) is 38.0 Å². The lowest BCUT2D eigenvalue weighted by Gasteiger charge is -2.02. The first kappa shape index (κ1) is 9.90. The maximum atomic E-state index is 11.4. The Balaban J connectivity index is 2.29. The van der Waals surface area contributed by atoms with Crippen LogP contribution in [0.3, 0.4) is 0 Å². The monoisotopic (exact) mass is 203 g/mol. The highest BCUT2D eigenvalue weighted by molar-refractivity contribution is 5.87. The summed E-state index contributed by atoms with van der Waals surface area (Å²) >= 11 is 0. The van der Waals surface area contributed by atoms with Crippen LogP contribution in [0.4, 0.5) is 0 Å². The van der Waals surface area contributed by atoms with Gasteiger partial charge in [-0.2, -0.15) is 0 Å². The molecule has 2 rings (SSSR count). The summed E-state index contributed by atoms with van der Waals surface area (Å²) in [5.74, 6) is -0.349. The summed E-state index contributed by atoms with van der Waals surface area (Å²) in [5.41, 5.74) is 3.75. The van der Waals surface area contributed by atoms with Crippen LogP contribution in [0.2, 0.25) is 0 Å². The number of rotatable bonds is 2. The standard InChI is InChI=1S/C12H13NO2/c1-3-15-12(14)10-5-4-9-6-8(2)7-11(9)13-10/h4-5,7H,3,6H2,1-2H3. The lowest BCUT2D eigenvalue weighted by molar-refractivity contribution is 0.0519. The molecule has 3 nitrogen and oxygen atoms in total. The molecule has 0 N–H and O–H groups in total. The molecule has 0 bridgehead atoms. The average Bonchev–Trinajstić information content (AvgIpc) is 2.57. The Bertz CT molecular complexity index is 435. The zero-order valence-electron chi connectivity index (χ0n) is 8.91. The Labute approximate surface area is 88.8 Å². The van der Waals surface area contributed by atoms with Crippen molar-refractivity contribution >= 4 is 12.0 Å². The lowest BCUT2D eigenvalue weighted by atomic mass is 10.1. The minimum atomic E-state index is -0.349. The largest absolute Gasteiger partial charge is 0.461 e. The van der Waals surface area contributed by atoms with Crippen molar-refractivity contribution in [3.05, 3.63) is 34.7 Å². The Morgan fingerprint density at radius 2 is 2.33 bits per heavy atom. The van der Waals surface area contributed by atoms with Crippen molar-refractivity contribution in [2.75, 3.05) is 6.61 Å². The van der Waals surface area contributed by atoms with E-state index in [1.807, 2.05) is 12.1 Å². The molecule has 1 aromatic heterocycles. The van der Waals surface area contributed by atoms with Gasteiger partial charge < -0.3 is 4.74 Å². The summed E-state index contributed by atoms with van der Waals surface area (Å²) < 4.78 is 4.89. The van der Waals surface area contributed by atoms with Crippen molar-refractivity contribution in [1.82, 2.24) is 4.98 Å². The van der Waals surface area contributed by atoms with Gasteiger partial charge in [0.1, 0.15) is 5.69 Å². The summed E-state index contributed by atoms with van der Waals surface area (Å²) in [6.07, 6.45) is 2.95. The van der Waals surface area contributed by atoms with Crippen molar-refractivity contribution in [2.24, 2.45) is 0 Å². The van der Waals surface area contributed by atoms with E-state index in [1.54, 1.807) is 13.0 Å². The van der Waals surface area contributed by atoms with Gasteiger partial charge in [0.25, 0.3) is 0 Å². The molecule has 1 aromatic rings. The van der Waals surface area contributed by atoms with E-state index in [0.29, 0.717) is 12.3 Å². The first-order chi connectivity index (χ1) is 7.20. The molecular formula is C12H13NO2. The highest BCUT2D eigenvalue weighted by Crippen LogP contribution is 2.23. The SMILES string of the molecule is CCOC(=O)c1ccc2c(n1)C=C(C)C2. The molecule has 15 heavy (non-hydrogen) atoms. The maximum Gasteiger partial charge on any atom is 0.356 e. The Morgan fingerprint density at radius 1 is 1.53 bits per heavy atom. The summed E-state index contributed by atoms with van der Waals surface area (Å²) in [6.45, 7) is 4.23. The van der Waals surface area contributed by atoms with Crippen LogP contribution in [-0.4, -0.2) is 17.6 Å². The molecule has 0 atom stereocenters. The van der Waals surface area contributed by atoms with Crippen molar-refractivity contribution in [2.45, 2.75) is 20.3 Å². The molecule has 0 saturated carbocycles. The van der Waals surface area contributed by atoms with Crippen molar-refractivity contribution in [3.63, 3.8) is 0 Å². The number of pyridine rings is 1. The zero-order valence-corrected chi connectivity index (χ0v) is 8.91. The topological polar surface area (TPSA) is 39.2 Å². The van der Waals surface area contributed by atoms with E-state index in [9.17, 15) is 4.79 Å². The van der Waals surface area contributed by atoms with Gasteiger partial charge in [0, 0.05) is 0 Å². The predicted molar refractivity (Wildman–Crippen MR) is 57.5 cm³/mol. The highest BCUT2D eigenvalue weighted by Gasteiger charge is 2.14. The van der Waals surface area contributed by atoms with Gasteiger partial charge in [0.05, 0.1) is 12.3 Å². The number of hydrogen-bond acceptors (Lipinski definition) is 3. The molecule has 1 aliphatic rings. The molecule has 0 unspecified atom stereocenters. The number of aromatic nitrogens is 1. The van der Waals surface area contributed by atoms with Crippen molar-refractivity contribution in [1.29, 1.82) is 0 Å². The second-order valence-corrected chi connectivity index (χ2v) is 3.63. The second kappa shape index (κ2) is 3.85. The number of fused-ring (bicyclic) bond motifs is 1. The van der Waals surface area contributed by atoms with Crippen LogP contribution in [-0.2, 0) is 11.2 Å². The third-order valence-corrected chi connectivity index (χ3v) is 2.35. The number of nitrogens with zero attached hydrogens (tertiary/aromatic N) is 1. The van der Waals surface area contributed by atoms with Gasteiger partial charge in [-0.15, -0.1) is 0 Å². The smallest absolute Gasteiger partial charge is 0.356 e. The fourth-order valence-electron chi connectivity index (χ4n) is 1.68. The van der Waals surface area contributed by atoms with Gasteiger partial charge in [0.15, 0.2) is 0 Å². The molecule has 0 amide bonds. The first-order valence-corrected chi connectivity index (χ1v) is 5.05. The van der Waals surface area contributed by atoms with Crippen LogP contribution in [0, 0.1) is 0 Å². The molecular weight excluding hydrogens is 190 g/mol. The van der Waals surface area contributed by atoms with Crippen LogP contribution in [0.5, 0.6) is 0 Å². The number of carbonyl (C=O) groups is 1. The number of carbonyl (C=O) groups excluding carboxylic acids is 1. The van der Waals surface area contributed by atoms with Crippen LogP contribution in [0.25, 0.3) is 6.08 Å². The number of hydrogen-bond donors (Lipinski definition) is 0. The molecule has 0 radical (unpaired) electrons. The third kappa shape index (κ3) is 1.91. The highest BCUT2D eigenvalue weighted by atomic mass is 16.5. The Kier molecular flexibility index (Phi) is 2.54. The molecule has 1 heterocycles. The Morgan fingerprint density at radius 3 is 3.07 bits per heavy atom. The van der Waals surface area contributed by atoms with Crippen LogP contribution in [0.15, 0.2) is 17.7 Å². The summed E-state index contributed by atoms with van der Waals surface area (Å²) in [4.78, 5) is 15.7. The van der Waals surface area contributed by atoms with Gasteiger partial charge in [-0.3, -0.25) is 0 Å². The summed E-state index contributed by atoms with van der Waals surface area (Å²) in [6, 6.07) is 3.67. The third-order valence-electron chi connectivity index (χ3n) is 2.35. The number of esters is 1.